The van der Waals surface area contributed by atoms with Gasteiger partial charge in [-0.3, -0.25) is 0 Å². The highest BCUT2D eigenvalue weighted by Crippen LogP contribution is 2.35. The highest BCUT2D eigenvalue weighted by Gasteiger charge is 2.36. The first kappa shape index (κ1) is 10.2. The summed E-state index contributed by atoms with van der Waals surface area (Å²) in [6.45, 7) is 0. The van der Waals surface area contributed by atoms with Crippen molar-refractivity contribution in [3.05, 3.63) is 16.5 Å². The SMILES string of the molecule is NNc1ncnc(C(F)(F)F)c1Br. The van der Waals surface area contributed by atoms with Gasteiger partial charge < -0.3 is 5.43 Å². The van der Waals surface area contributed by atoms with Gasteiger partial charge in [0.05, 0.1) is 4.47 Å². The van der Waals surface area contributed by atoms with Gasteiger partial charge in [-0.05, 0) is 15.9 Å². The molecular formula is C5H4BrF3N4. The molecule has 0 spiro atoms. The first-order chi connectivity index (χ1) is 5.96. The van der Waals surface area contributed by atoms with E-state index in [1.54, 1.807) is 0 Å². The molecule has 4 nitrogen and oxygen atoms in total. The summed E-state index contributed by atoms with van der Waals surface area (Å²) in [5.41, 5.74) is 0.950. The first-order valence-electron chi connectivity index (χ1n) is 3.01. The molecule has 0 aliphatic heterocycles. The largest absolute Gasteiger partial charge is 0.434 e. The summed E-state index contributed by atoms with van der Waals surface area (Å²) >= 11 is 2.69. The molecule has 0 unspecified atom stereocenters. The number of hydrogen-bond acceptors (Lipinski definition) is 4. The maximum absolute atomic E-state index is 12.2. The van der Waals surface area contributed by atoms with E-state index >= 15 is 0 Å². The van der Waals surface area contributed by atoms with Crippen LogP contribution in [0.5, 0.6) is 0 Å². The Labute approximate surface area is 79.5 Å². The molecule has 3 N–H and O–H groups in total. The van der Waals surface area contributed by atoms with Crippen LogP contribution in [0.4, 0.5) is 19.0 Å². The second kappa shape index (κ2) is 3.46. The van der Waals surface area contributed by atoms with Crippen LogP contribution in [-0.2, 0) is 6.18 Å². The molecule has 72 valence electrons. The average molecular weight is 257 g/mol. The average Bonchev–Trinajstić information content (AvgIpc) is 2.02. The topological polar surface area (TPSA) is 63.8 Å². The van der Waals surface area contributed by atoms with Crippen molar-refractivity contribution >= 4 is 21.7 Å². The minimum atomic E-state index is -4.52. The van der Waals surface area contributed by atoms with Gasteiger partial charge in [0.15, 0.2) is 11.5 Å². The van der Waals surface area contributed by atoms with Crippen LogP contribution < -0.4 is 11.3 Å². The van der Waals surface area contributed by atoms with Crippen molar-refractivity contribution in [2.24, 2.45) is 5.84 Å². The van der Waals surface area contributed by atoms with E-state index in [-0.39, 0.29) is 10.3 Å². The second-order valence-corrected chi connectivity index (χ2v) is 2.82. The summed E-state index contributed by atoms with van der Waals surface area (Å²) in [6.07, 6.45) is -3.74. The molecule has 0 aliphatic rings. The van der Waals surface area contributed by atoms with Crippen molar-refractivity contribution < 1.29 is 13.2 Å². The molecule has 8 heteroatoms. The van der Waals surface area contributed by atoms with Crippen LogP contribution in [0.2, 0.25) is 0 Å². The quantitative estimate of drug-likeness (QED) is 0.591. The van der Waals surface area contributed by atoms with Crippen LogP contribution in [0.15, 0.2) is 10.8 Å². The molecule has 0 radical (unpaired) electrons. The Balaban J connectivity index is 3.24. The number of hydrogen-bond donors (Lipinski definition) is 2. The predicted molar refractivity (Wildman–Crippen MR) is 42.5 cm³/mol. The van der Waals surface area contributed by atoms with E-state index in [1.165, 1.54) is 0 Å². The molecule has 0 atom stereocenters. The van der Waals surface area contributed by atoms with Gasteiger partial charge in [0.25, 0.3) is 0 Å². The lowest BCUT2D eigenvalue weighted by molar-refractivity contribution is -0.141. The lowest BCUT2D eigenvalue weighted by Gasteiger charge is -2.09. The third kappa shape index (κ3) is 2.07. The Bertz CT molecular complexity index is 313. The van der Waals surface area contributed by atoms with E-state index in [0.29, 0.717) is 0 Å². The minimum absolute atomic E-state index is 0.109. The maximum atomic E-state index is 12.2. The highest BCUT2D eigenvalue weighted by atomic mass is 79.9. The summed E-state index contributed by atoms with van der Waals surface area (Å²) in [7, 11) is 0. The number of nitrogens with zero attached hydrogens (tertiary/aromatic N) is 2. The predicted octanol–water partition coefficient (Wildman–Crippen LogP) is 1.54. The Morgan fingerprint density at radius 3 is 2.46 bits per heavy atom. The minimum Gasteiger partial charge on any atom is -0.307 e. The Morgan fingerprint density at radius 1 is 1.38 bits per heavy atom. The molecule has 1 rings (SSSR count). The molecule has 1 aromatic rings. The molecule has 0 fully saturated rings. The van der Waals surface area contributed by atoms with E-state index in [1.807, 2.05) is 5.43 Å². The van der Waals surface area contributed by atoms with Crippen LogP contribution in [0.25, 0.3) is 0 Å². The van der Waals surface area contributed by atoms with E-state index in [4.69, 9.17) is 5.84 Å². The Kier molecular flexibility index (Phi) is 2.71. The zero-order valence-electron chi connectivity index (χ0n) is 6.06. The van der Waals surface area contributed by atoms with E-state index in [9.17, 15) is 13.2 Å². The van der Waals surface area contributed by atoms with Crippen LogP contribution in [0.1, 0.15) is 5.69 Å². The van der Waals surface area contributed by atoms with Crippen molar-refractivity contribution in [3.8, 4) is 0 Å². The maximum Gasteiger partial charge on any atom is 0.434 e. The highest BCUT2D eigenvalue weighted by molar-refractivity contribution is 9.10. The van der Waals surface area contributed by atoms with Crippen molar-refractivity contribution in [1.82, 2.24) is 9.97 Å². The summed E-state index contributed by atoms with van der Waals surface area (Å²) in [6, 6.07) is 0. The molecule has 0 aliphatic carbocycles. The van der Waals surface area contributed by atoms with Crippen LogP contribution in [0.3, 0.4) is 0 Å². The fraction of sp³-hybridized carbons (Fsp3) is 0.200. The van der Waals surface area contributed by atoms with Crippen LogP contribution >= 0.6 is 15.9 Å². The van der Waals surface area contributed by atoms with E-state index in [2.05, 4.69) is 25.9 Å². The van der Waals surface area contributed by atoms with Crippen molar-refractivity contribution in [3.63, 3.8) is 0 Å². The van der Waals surface area contributed by atoms with Gasteiger partial charge in [-0.2, -0.15) is 13.2 Å². The van der Waals surface area contributed by atoms with Gasteiger partial charge in [0, 0.05) is 0 Å². The zero-order valence-corrected chi connectivity index (χ0v) is 7.65. The monoisotopic (exact) mass is 256 g/mol. The molecular weight excluding hydrogens is 253 g/mol. The van der Waals surface area contributed by atoms with Gasteiger partial charge in [-0.1, -0.05) is 0 Å². The molecule has 0 saturated carbocycles. The van der Waals surface area contributed by atoms with E-state index < -0.39 is 11.9 Å². The van der Waals surface area contributed by atoms with Gasteiger partial charge >= 0.3 is 6.18 Å². The third-order valence-electron chi connectivity index (χ3n) is 1.19. The fourth-order valence-electron chi connectivity index (χ4n) is 0.668. The number of halogens is 4. The summed E-state index contributed by atoms with van der Waals surface area (Å²) in [5, 5.41) is 0. The number of nitrogens with two attached hydrogens (primary N) is 1. The second-order valence-electron chi connectivity index (χ2n) is 2.03. The molecule has 0 saturated heterocycles. The molecule has 1 aromatic heterocycles. The number of aromatic nitrogens is 2. The molecule has 0 bridgehead atoms. The Hall–Kier alpha value is -0.890. The molecule has 0 aromatic carbocycles. The van der Waals surface area contributed by atoms with E-state index in [0.717, 1.165) is 6.33 Å². The van der Waals surface area contributed by atoms with Gasteiger partial charge in [0.1, 0.15) is 6.33 Å². The first-order valence-corrected chi connectivity index (χ1v) is 3.80. The summed E-state index contributed by atoms with van der Waals surface area (Å²) < 4.78 is 36.2. The van der Waals surface area contributed by atoms with Crippen molar-refractivity contribution in [1.29, 1.82) is 0 Å². The fourth-order valence-corrected chi connectivity index (χ4v) is 1.21. The number of nitrogens with one attached hydrogen (secondary N) is 1. The normalized spacial score (nSPS) is 11.5. The van der Waals surface area contributed by atoms with Crippen molar-refractivity contribution in [2.45, 2.75) is 6.18 Å². The lowest BCUT2D eigenvalue weighted by Crippen LogP contribution is -2.15. The van der Waals surface area contributed by atoms with Gasteiger partial charge in [-0.15, -0.1) is 0 Å². The number of rotatable bonds is 1. The van der Waals surface area contributed by atoms with Crippen molar-refractivity contribution in [2.75, 3.05) is 5.43 Å². The third-order valence-corrected chi connectivity index (χ3v) is 1.95. The lowest BCUT2D eigenvalue weighted by atomic mass is 10.4. The number of anilines is 1. The standard InChI is InChI=1S/C5H4BrF3N4/c6-2-3(5(7,8)9)11-1-12-4(2)13-10/h1H,10H2,(H,11,12,13). The number of nitrogen functional groups attached to an aromatic ring is 1. The van der Waals surface area contributed by atoms with Gasteiger partial charge in [-0.25, -0.2) is 15.8 Å². The van der Waals surface area contributed by atoms with Crippen LogP contribution in [-0.4, -0.2) is 9.97 Å². The van der Waals surface area contributed by atoms with Gasteiger partial charge in [0.2, 0.25) is 0 Å². The Morgan fingerprint density at radius 2 is 2.00 bits per heavy atom. The smallest absolute Gasteiger partial charge is 0.307 e. The number of alkyl halides is 3. The summed E-state index contributed by atoms with van der Waals surface area (Å²) in [4.78, 5) is 6.56. The number of hydrazine groups is 1. The zero-order chi connectivity index (χ0) is 10.1. The van der Waals surface area contributed by atoms with Crippen LogP contribution in [0, 0.1) is 0 Å². The molecule has 1 heterocycles. The summed E-state index contributed by atoms with van der Waals surface area (Å²) in [5.74, 6) is 4.82. The molecule has 13 heavy (non-hydrogen) atoms. The molecule has 0 amide bonds.